The molecule has 7 rings (SSSR count). The molecule has 3 aromatic rings. The predicted molar refractivity (Wildman–Crippen MR) is 138 cm³/mol. The van der Waals surface area contributed by atoms with Crippen LogP contribution in [-0.2, 0) is 9.59 Å². The first kappa shape index (κ1) is 20.8. The molecule has 34 heavy (non-hydrogen) atoms. The zero-order chi connectivity index (χ0) is 23.5. The molecule has 0 spiro atoms. The molecule has 6 atom stereocenters. The number of aryl methyl sites for hydroxylation is 3. The number of hydrogen-bond donors (Lipinski definition) is 0. The number of fused-ring (bicyclic) bond motifs is 8. The van der Waals surface area contributed by atoms with Crippen molar-refractivity contribution in [3.63, 3.8) is 0 Å². The van der Waals surface area contributed by atoms with E-state index in [2.05, 4.69) is 63.2 Å². The van der Waals surface area contributed by atoms with Crippen molar-refractivity contribution in [1.29, 1.82) is 0 Å². The Labute approximate surface area is 208 Å². The number of likely N-dealkylation sites (tertiary alicyclic amines) is 1. The van der Waals surface area contributed by atoms with Crippen LogP contribution in [0, 0.1) is 56.3 Å². The minimum absolute atomic E-state index is 0.0586. The van der Waals surface area contributed by atoms with E-state index in [1.54, 1.807) is 7.05 Å². The van der Waals surface area contributed by atoms with E-state index in [9.17, 15) is 9.59 Å². The first-order valence-electron chi connectivity index (χ1n) is 12.2. The fourth-order valence-electron chi connectivity index (χ4n) is 7.73. The minimum atomic E-state index is -0.113. The standard InChI is InChI=1S/C29H27NO2S2/c1-13-10-17(14(2)33-13)22-23(18-12-21(34-15(18)3)16-8-6-5-7-9-16)25-20-11-19(24(22)25)26-27(20)29(32)30(4)28(26)31/h5-10,12,19-20,24-27H,11H2,1-4H3/t19-,20+,24-,25+,26+,27-/m0/s1. The molecule has 3 fully saturated rings. The molecule has 1 aliphatic heterocycles. The average molecular weight is 486 g/mol. The van der Waals surface area contributed by atoms with Crippen LogP contribution in [0.2, 0.25) is 0 Å². The lowest BCUT2D eigenvalue weighted by Crippen LogP contribution is -2.43. The fraction of sp³-hybridized carbons (Fsp3) is 0.379. The molecular weight excluding hydrogens is 458 g/mol. The number of carbonyl (C=O) groups is 2. The molecule has 2 aromatic heterocycles. The van der Waals surface area contributed by atoms with Crippen LogP contribution >= 0.6 is 22.7 Å². The summed E-state index contributed by atoms with van der Waals surface area (Å²) in [6.07, 6.45) is 1.01. The predicted octanol–water partition coefficient (Wildman–Crippen LogP) is 6.44. The van der Waals surface area contributed by atoms with Crippen LogP contribution in [0.5, 0.6) is 0 Å². The molecule has 3 aliphatic carbocycles. The maximum absolute atomic E-state index is 13.1. The zero-order valence-corrected chi connectivity index (χ0v) is 21.4. The Morgan fingerprint density at radius 3 is 1.88 bits per heavy atom. The molecule has 4 aliphatic rings. The van der Waals surface area contributed by atoms with Gasteiger partial charge in [0.15, 0.2) is 0 Å². The number of nitrogens with zero attached hydrogens (tertiary/aromatic N) is 1. The van der Waals surface area contributed by atoms with Crippen LogP contribution in [0.15, 0.2) is 42.5 Å². The SMILES string of the molecule is Cc1cc(C2=C(c3cc(-c4ccccc4)sc3C)[C@H]3[C@H]4C[C@H]([C@H]5C(=O)N(C)C(=O)[C@@H]45)[C@@H]23)c(C)s1. The molecule has 2 saturated carbocycles. The van der Waals surface area contributed by atoms with E-state index in [0.717, 1.165) is 6.42 Å². The highest BCUT2D eigenvalue weighted by Gasteiger charge is 2.70. The smallest absolute Gasteiger partial charge is 0.233 e. The molecule has 0 unspecified atom stereocenters. The highest BCUT2D eigenvalue weighted by molar-refractivity contribution is 7.15. The van der Waals surface area contributed by atoms with E-state index in [1.165, 1.54) is 52.2 Å². The second kappa shape index (κ2) is 7.02. The maximum atomic E-state index is 13.1. The third-order valence-corrected chi connectivity index (χ3v) is 11.0. The van der Waals surface area contributed by atoms with Crippen molar-refractivity contribution in [2.75, 3.05) is 7.05 Å². The van der Waals surface area contributed by atoms with Crippen molar-refractivity contribution < 1.29 is 9.59 Å². The number of allylic oxidation sites excluding steroid dienone is 2. The number of imide groups is 1. The molecule has 0 N–H and O–H groups in total. The Hall–Kier alpha value is -2.50. The molecule has 5 heteroatoms. The van der Waals surface area contributed by atoms with Gasteiger partial charge in [-0.15, -0.1) is 22.7 Å². The number of hydrogen-bond acceptors (Lipinski definition) is 4. The molecule has 1 saturated heterocycles. The average Bonchev–Trinajstić information content (AvgIpc) is 3.57. The van der Waals surface area contributed by atoms with Crippen LogP contribution < -0.4 is 0 Å². The van der Waals surface area contributed by atoms with E-state index in [4.69, 9.17) is 0 Å². The van der Waals surface area contributed by atoms with Gasteiger partial charge in [-0.1, -0.05) is 30.3 Å². The van der Waals surface area contributed by atoms with Crippen molar-refractivity contribution in [1.82, 2.24) is 4.90 Å². The zero-order valence-electron chi connectivity index (χ0n) is 19.8. The first-order chi connectivity index (χ1) is 16.4. The number of rotatable bonds is 3. The van der Waals surface area contributed by atoms with Crippen molar-refractivity contribution in [3.8, 4) is 10.4 Å². The molecule has 3 heterocycles. The lowest BCUT2D eigenvalue weighted by Gasteiger charge is -2.48. The fourth-order valence-corrected chi connectivity index (χ4v) is 9.71. The van der Waals surface area contributed by atoms with Gasteiger partial charge in [-0.3, -0.25) is 14.5 Å². The van der Waals surface area contributed by atoms with Crippen molar-refractivity contribution in [2.45, 2.75) is 27.2 Å². The van der Waals surface area contributed by atoms with Crippen molar-refractivity contribution in [2.24, 2.45) is 35.5 Å². The van der Waals surface area contributed by atoms with Crippen molar-refractivity contribution >= 4 is 45.6 Å². The van der Waals surface area contributed by atoms with E-state index in [1.807, 2.05) is 22.7 Å². The van der Waals surface area contributed by atoms with Gasteiger partial charge in [0.1, 0.15) is 0 Å². The summed E-state index contributed by atoms with van der Waals surface area (Å²) in [7, 11) is 1.68. The van der Waals surface area contributed by atoms with Gasteiger partial charge in [0.2, 0.25) is 11.8 Å². The Balaban J connectivity index is 1.41. The highest BCUT2D eigenvalue weighted by Crippen LogP contribution is 2.73. The summed E-state index contributed by atoms with van der Waals surface area (Å²) in [5.74, 6) is 1.28. The first-order valence-corrected chi connectivity index (χ1v) is 13.8. The lowest BCUT2D eigenvalue weighted by atomic mass is 9.54. The summed E-state index contributed by atoms with van der Waals surface area (Å²) in [5, 5.41) is 0. The Bertz CT molecular complexity index is 1410. The van der Waals surface area contributed by atoms with Gasteiger partial charge in [-0.05, 0) is 90.8 Å². The monoisotopic (exact) mass is 485 g/mol. The summed E-state index contributed by atoms with van der Waals surface area (Å²) in [5.41, 5.74) is 6.92. The maximum Gasteiger partial charge on any atom is 0.233 e. The molecule has 2 amide bonds. The Morgan fingerprint density at radius 1 is 0.765 bits per heavy atom. The van der Waals surface area contributed by atoms with Crippen LogP contribution in [-0.4, -0.2) is 23.8 Å². The summed E-state index contributed by atoms with van der Waals surface area (Å²) < 4.78 is 0. The van der Waals surface area contributed by atoms with E-state index in [-0.39, 0.29) is 23.7 Å². The summed E-state index contributed by atoms with van der Waals surface area (Å²) >= 11 is 3.73. The van der Waals surface area contributed by atoms with E-state index >= 15 is 0 Å². The third kappa shape index (κ3) is 2.52. The second-order valence-corrected chi connectivity index (χ2v) is 13.2. The van der Waals surface area contributed by atoms with Gasteiger partial charge < -0.3 is 0 Å². The van der Waals surface area contributed by atoms with E-state index in [0.29, 0.717) is 23.7 Å². The number of thiophene rings is 2. The van der Waals surface area contributed by atoms with Crippen molar-refractivity contribution in [3.05, 3.63) is 68.2 Å². The quantitative estimate of drug-likeness (QED) is 0.400. The minimum Gasteiger partial charge on any atom is -0.285 e. The Kier molecular flexibility index (Phi) is 4.30. The van der Waals surface area contributed by atoms with E-state index < -0.39 is 0 Å². The molecule has 3 nitrogen and oxygen atoms in total. The van der Waals surface area contributed by atoms with Crippen LogP contribution in [0.3, 0.4) is 0 Å². The summed E-state index contributed by atoms with van der Waals surface area (Å²) in [6.45, 7) is 6.66. The largest absolute Gasteiger partial charge is 0.285 e. The summed E-state index contributed by atoms with van der Waals surface area (Å²) in [4.78, 5) is 32.9. The molecule has 2 bridgehead atoms. The normalized spacial score (nSPS) is 31.4. The second-order valence-electron chi connectivity index (χ2n) is 10.5. The third-order valence-electron chi connectivity index (χ3n) is 8.95. The molecule has 1 aromatic carbocycles. The molecular formula is C29H27NO2S2. The van der Waals surface area contributed by atoms with Crippen LogP contribution in [0.25, 0.3) is 21.6 Å². The number of carbonyl (C=O) groups excluding carboxylic acids is 2. The van der Waals surface area contributed by atoms with Crippen LogP contribution in [0.1, 0.15) is 32.2 Å². The Morgan fingerprint density at radius 2 is 1.32 bits per heavy atom. The van der Waals surface area contributed by atoms with Gasteiger partial charge in [-0.2, -0.15) is 0 Å². The lowest BCUT2D eigenvalue weighted by molar-refractivity contribution is -0.139. The van der Waals surface area contributed by atoms with Crippen LogP contribution in [0.4, 0.5) is 0 Å². The topological polar surface area (TPSA) is 37.4 Å². The van der Waals surface area contributed by atoms with Gasteiger partial charge >= 0.3 is 0 Å². The van der Waals surface area contributed by atoms with Gasteiger partial charge in [0.05, 0.1) is 11.8 Å². The molecule has 0 radical (unpaired) electrons. The summed E-state index contributed by atoms with van der Waals surface area (Å²) in [6, 6.07) is 15.4. The number of benzene rings is 1. The highest BCUT2D eigenvalue weighted by atomic mass is 32.1. The number of amides is 2. The van der Waals surface area contributed by atoms with Gasteiger partial charge in [0.25, 0.3) is 0 Å². The van der Waals surface area contributed by atoms with Gasteiger partial charge in [-0.25, -0.2) is 0 Å². The van der Waals surface area contributed by atoms with Gasteiger partial charge in [0, 0.05) is 26.6 Å². The molecule has 172 valence electrons.